The van der Waals surface area contributed by atoms with Crippen molar-refractivity contribution < 1.29 is 14.0 Å². The van der Waals surface area contributed by atoms with Crippen molar-refractivity contribution in [2.45, 2.75) is 91.0 Å². The van der Waals surface area contributed by atoms with Crippen LogP contribution in [0.25, 0.3) is 0 Å². The number of rotatable bonds is 6. The number of carbonyl (C=O) groups excluding carboxylic acids is 1. The van der Waals surface area contributed by atoms with Gasteiger partial charge in [0.2, 0.25) is 0 Å². The van der Waals surface area contributed by atoms with Gasteiger partial charge in [-0.3, -0.25) is 0 Å². The van der Waals surface area contributed by atoms with E-state index in [1.807, 2.05) is 13.0 Å². The molecule has 0 aromatic heterocycles. The van der Waals surface area contributed by atoms with Crippen LogP contribution in [0.2, 0.25) is 19.6 Å². The number of hydrogen-bond acceptors (Lipinski definition) is 3. The standard InChI is InChI=1S/C23H37IO3Si/c1-16(19-11-12-20-17(15-24)8-7-13-22(19,20)2)9-10-18-14-23(3,21(25)26-18)27-28(4,5)6/h14-16,19-20H,7-13H2,1-6H3/b17-15+/t16-,19-,20?,22-,23+/m1/s1. The fourth-order valence-corrected chi connectivity index (χ4v) is 8.32. The predicted molar refractivity (Wildman–Crippen MR) is 126 cm³/mol. The summed E-state index contributed by atoms with van der Waals surface area (Å²) in [7, 11) is -1.82. The lowest BCUT2D eigenvalue weighted by Gasteiger charge is -2.44. The average Bonchev–Trinajstić information content (AvgIpc) is 3.07. The molecule has 0 radical (unpaired) electrons. The predicted octanol–water partition coefficient (Wildman–Crippen LogP) is 6.99. The Morgan fingerprint density at radius 3 is 2.71 bits per heavy atom. The zero-order valence-electron chi connectivity index (χ0n) is 18.4. The molecular weight excluding hydrogens is 479 g/mol. The molecule has 3 nitrogen and oxygen atoms in total. The minimum atomic E-state index is -1.82. The van der Waals surface area contributed by atoms with Crippen LogP contribution in [0.1, 0.15) is 65.7 Å². The van der Waals surface area contributed by atoms with Crippen molar-refractivity contribution >= 4 is 36.9 Å². The SMILES string of the molecule is C[C@H](CCC1=C[C@](C)(O[Si](C)(C)C)C(=O)O1)[C@H]1CCC2/C(=C/I)CCC[C@@]21C. The lowest BCUT2D eigenvalue weighted by molar-refractivity contribution is -0.149. The van der Waals surface area contributed by atoms with Gasteiger partial charge in [0.25, 0.3) is 0 Å². The van der Waals surface area contributed by atoms with Gasteiger partial charge in [-0.25, -0.2) is 4.79 Å². The molecule has 0 bridgehead atoms. The van der Waals surface area contributed by atoms with Crippen molar-refractivity contribution in [2.75, 3.05) is 0 Å². The summed E-state index contributed by atoms with van der Waals surface area (Å²) in [6, 6.07) is 0. The van der Waals surface area contributed by atoms with Gasteiger partial charge in [0.15, 0.2) is 13.9 Å². The quantitative estimate of drug-likeness (QED) is 0.217. The van der Waals surface area contributed by atoms with E-state index in [9.17, 15) is 4.79 Å². The van der Waals surface area contributed by atoms with E-state index in [0.717, 1.165) is 30.4 Å². The minimum Gasteiger partial charge on any atom is -0.429 e. The molecule has 5 atom stereocenters. The Balaban J connectivity index is 1.63. The summed E-state index contributed by atoms with van der Waals surface area (Å²) in [5, 5.41) is 0. The van der Waals surface area contributed by atoms with Crippen LogP contribution < -0.4 is 0 Å². The molecule has 3 aliphatic rings. The lowest BCUT2D eigenvalue weighted by Crippen LogP contribution is -2.43. The topological polar surface area (TPSA) is 35.5 Å². The molecule has 0 aromatic rings. The molecule has 28 heavy (non-hydrogen) atoms. The number of cyclic esters (lactones) is 1. The molecule has 1 heterocycles. The Hall–Kier alpha value is -0.143. The van der Waals surface area contributed by atoms with Crippen molar-refractivity contribution in [3.8, 4) is 0 Å². The first-order valence-corrected chi connectivity index (χ1v) is 15.6. The van der Waals surface area contributed by atoms with Crippen LogP contribution in [-0.4, -0.2) is 19.9 Å². The summed E-state index contributed by atoms with van der Waals surface area (Å²) in [5.74, 6) is 2.77. The average molecular weight is 517 g/mol. The number of carbonyl (C=O) groups is 1. The Kier molecular flexibility index (Phi) is 6.58. The smallest absolute Gasteiger partial charge is 0.346 e. The minimum absolute atomic E-state index is 0.241. The van der Waals surface area contributed by atoms with Crippen LogP contribution in [0.3, 0.4) is 0 Å². The third-order valence-electron chi connectivity index (χ3n) is 7.29. The summed E-state index contributed by atoms with van der Waals surface area (Å²) in [5.41, 5.74) is 1.25. The van der Waals surface area contributed by atoms with Crippen LogP contribution in [0.5, 0.6) is 0 Å². The van der Waals surface area contributed by atoms with Gasteiger partial charge in [-0.1, -0.05) is 42.0 Å². The molecule has 0 aromatic carbocycles. The van der Waals surface area contributed by atoms with Gasteiger partial charge in [0, 0.05) is 6.42 Å². The van der Waals surface area contributed by atoms with Gasteiger partial charge in [0.05, 0.1) is 0 Å². The number of hydrogen-bond donors (Lipinski definition) is 0. The van der Waals surface area contributed by atoms with Crippen LogP contribution in [0.4, 0.5) is 0 Å². The highest BCUT2D eigenvalue weighted by molar-refractivity contribution is 14.1. The number of esters is 1. The maximum absolute atomic E-state index is 12.4. The summed E-state index contributed by atoms with van der Waals surface area (Å²) < 4.78 is 14.1. The van der Waals surface area contributed by atoms with Gasteiger partial charge in [-0.05, 0) is 98.4 Å². The molecule has 2 aliphatic carbocycles. The third-order valence-corrected chi connectivity index (χ3v) is 9.13. The van der Waals surface area contributed by atoms with E-state index in [-0.39, 0.29) is 5.97 Å². The molecule has 0 spiro atoms. The third kappa shape index (κ3) is 4.46. The van der Waals surface area contributed by atoms with E-state index in [1.54, 1.807) is 5.57 Å². The van der Waals surface area contributed by atoms with E-state index in [2.05, 4.69) is 60.2 Å². The van der Waals surface area contributed by atoms with Gasteiger partial charge < -0.3 is 9.16 Å². The Bertz CT molecular complexity index is 680. The fourth-order valence-electron chi connectivity index (χ4n) is 6.16. The first kappa shape index (κ1) is 22.5. The van der Waals surface area contributed by atoms with Crippen LogP contribution in [0.15, 0.2) is 21.5 Å². The zero-order valence-corrected chi connectivity index (χ0v) is 21.6. The summed E-state index contributed by atoms with van der Waals surface area (Å²) in [6.07, 6.45) is 10.5. The van der Waals surface area contributed by atoms with Gasteiger partial charge in [-0.2, -0.15) is 0 Å². The summed E-state index contributed by atoms with van der Waals surface area (Å²) >= 11 is 2.44. The molecule has 3 rings (SSSR count). The van der Waals surface area contributed by atoms with E-state index >= 15 is 0 Å². The van der Waals surface area contributed by atoms with Crippen LogP contribution in [0, 0.1) is 23.2 Å². The highest BCUT2D eigenvalue weighted by atomic mass is 127. The van der Waals surface area contributed by atoms with E-state index in [1.165, 1.54) is 32.1 Å². The molecular formula is C23H37IO3Si. The molecule has 5 heteroatoms. The molecule has 158 valence electrons. The van der Waals surface area contributed by atoms with Crippen molar-refractivity contribution in [3.05, 3.63) is 21.5 Å². The second-order valence-electron chi connectivity index (χ2n) is 10.6. The normalized spacial score (nSPS) is 38.3. The van der Waals surface area contributed by atoms with Crippen molar-refractivity contribution in [1.29, 1.82) is 0 Å². The highest BCUT2D eigenvalue weighted by Crippen LogP contribution is 2.60. The molecule has 2 fully saturated rings. The molecule has 0 amide bonds. The van der Waals surface area contributed by atoms with Crippen molar-refractivity contribution in [1.82, 2.24) is 0 Å². The maximum atomic E-state index is 12.4. The molecule has 2 saturated carbocycles. The molecule has 1 aliphatic heterocycles. The van der Waals surface area contributed by atoms with E-state index < -0.39 is 13.9 Å². The zero-order chi connectivity index (χ0) is 20.7. The molecule has 1 unspecified atom stereocenters. The van der Waals surface area contributed by atoms with Gasteiger partial charge in [0.1, 0.15) is 5.76 Å². The second kappa shape index (κ2) is 8.18. The Morgan fingerprint density at radius 2 is 2.07 bits per heavy atom. The lowest BCUT2D eigenvalue weighted by atomic mass is 9.61. The van der Waals surface area contributed by atoms with Crippen LogP contribution in [-0.2, 0) is 14.0 Å². The first-order valence-electron chi connectivity index (χ1n) is 10.9. The summed E-state index contributed by atoms with van der Waals surface area (Å²) in [6.45, 7) is 13.1. The number of fused-ring (bicyclic) bond motifs is 1. The van der Waals surface area contributed by atoms with E-state index in [4.69, 9.17) is 9.16 Å². The monoisotopic (exact) mass is 516 g/mol. The number of allylic oxidation sites excluding steroid dienone is 2. The Labute approximate surface area is 186 Å². The Morgan fingerprint density at radius 1 is 1.36 bits per heavy atom. The van der Waals surface area contributed by atoms with Crippen LogP contribution >= 0.6 is 22.6 Å². The maximum Gasteiger partial charge on any atom is 0.346 e. The van der Waals surface area contributed by atoms with Crippen molar-refractivity contribution in [3.63, 3.8) is 0 Å². The highest BCUT2D eigenvalue weighted by Gasteiger charge is 2.50. The largest absolute Gasteiger partial charge is 0.429 e. The second-order valence-corrected chi connectivity index (χ2v) is 15.7. The number of ether oxygens (including phenoxy) is 1. The number of halogens is 1. The molecule has 0 saturated heterocycles. The summed E-state index contributed by atoms with van der Waals surface area (Å²) in [4.78, 5) is 12.4. The van der Waals surface area contributed by atoms with Gasteiger partial charge in [-0.15, -0.1) is 0 Å². The first-order chi connectivity index (χ1) is 13.0. The fraction of sp³-hybridized carbons (Fsp3) is 0.783. The van der Waals surface area contributed by atoms with Gasteiger partial charge >= 0.3 is 5.97 Å². The van der Waals surface area contributed by atoms with E-state index in [0.29, 0.717) is 11.3 Å². The molecule has 0 N–H and O–H groups in total. The van der Waals surface area contributed by atoms with Crippen molar-refractivity contribution in [2.24, 2.45) is 23.2 Å².